The standard InChI is InChI=1S/C17H23FN2O7/c1-16(2,3)27-15(22)19-12-7-17(23,8-21)9-26-14(12)11-5-4-10(18)6-13(11)20(24)25/h4-6,12,14,21,23H,7-9H2,1-3H3,(H,19,22)/t12-,14+,17?/m0/s1. The fourth-order valence-electron chi connectivity index (χ4n) is 2.85. The van der Waals surface area contributed by atoms with Gasteiger partial charge < -0.3 is 25.0 Å². The lowest BCUT2D eigenvalue weighted by atomic mass is 9.87. The van der Waals surface area contributed by atoms with Gasteiger partial charge in [0.1, 0.15) is 23.1 Å². The summed E-state index contributed by atoms with van der Waals surface area (Å²) < 4.78 is 24.2. The number of carbonyl (C=O) groups excluding carboxylic acids is 1. The van der Waals surface area contributed by atoms with E-state index in [-0.39, 0.29) is 18.6 Å². The average Bonchev–Trinajstić information content (AvgIpc) is 2.53. The number of nitrogens with one attached hydrogen (secondary N) is 1. The van der Waals surface area contributed by atoms with Crippen LogP contribution in [0.25, 0.3) is 0 Å². The lowest BCUT2D eigenvalue weighted by Crippen LogP contribution is -2.55. The monoisotopic (exact) mass is 386 g/mol. The molecule has 0 radical (unpaired) electrons. The Morgan fingerprint density at radius 1 is 1.52 bits per heavy atom. The largest absolute Gasteiger partial charge is 0.444 e. The minimum absolute atomic E-state index is 0.0439. The molecule has 27 heavy (non-hydrogen) atoms. The number of alkyl carbamates (subject to hydrolysis) is 1. The second kappa shape index (κ2) is 7.75. The lowest BCUT2D eigenvalue weighted by molar-refractivity contribution is -0.386. The molecule has 1 aromatic carbocycles. The van der Waals surface area contributed by atoms with Gasteiger partial charge in [-0.2, -0.15) is 0 Å². The number of hydrogen-bond acceptors (Lipinski definition) is 7. The van der Waals surface area contributed by atoms with Crippen LogP contribution in [0.1, 0.15) is 38.9 Å². The third-order valence-corrected chi connectivity index (χ3v) is 3.99. The van der Waals surface area contributed by atoms with E-state index in [1.165, 1.54) is 6.07 Å². The van der Waals surface area contributed by atoms with Crippen molar-refractivity contribution in [3.63, 3.8) is 0 Å². The van der Waals surface area contributed by atoms with Gasteiger partial charge in [0, 0.05) is 6.42 Å². The van der Waals surface area contributed by atoms with E-state index in [0.717, 1.165) is 12.1 Å². The Balaban J connectivity index is 2.35. The molecule has 10 heteroatoms. The first-order valence-corrected chi connectivity index (χ1v) is 8.32. The molecule has 0 saturated carbocycles. The predicted molar refractivity (Wildman–Crippen MR) is 91.6 cm³/mol. The van der Waals surface area contributed by atoms with E-state index in [4.69, 9.17) is 9.47 Å². The first kappa shape index (κ1) is 21.0. The van der Waals surface area contributed by atoms with Gasteiger partial charge in [-0.05, 0) is 32.9 Å². The zero-order valence-electron chi connectivity index (χ0n) is 15.3. The van der Waals surface area contributed by atoms with Crippen LogP contribution in [-0.4, -0.2) is 51.7 Å². The molecule has 0 spiro atoms. The van der Waals surface area contributed by atoms with Gasteiger partial charge in [-0.15, -0.1) is 0 Å². The van der Waals surface area contributed by atoms with E-state index in [9.17, 15) is 29.5 Å². The molecule has 3 N–H and O–H groups in total. The average molecular weight is 386 g/mol. The number of aliphatic hydroxyl groups is 2. The predicted octanol–water partition coefficient (Wildman–Crippen LogP) is 1.81. The van der Waals surface area contributed by atoms with E-state index in [1.54, 1.807) is 20.8 Å². The number of amides is 1. The molecular weight excluding hydrogens is 363 g/mol. The molecule has 150 valence electrons. The van der Waals surface area contributed by atoms with E-state index < -0.39 is 52.5 Å². The number of aliphatic hydroxyl groups excluding tert-OH is 1. The van der Waals surface area contributed by atoms with E-state index in [2.05, 4.69) is 5.32 Å². The lowest BCUT2D eigenvalue weighted by Gasteiger charge is -2.40. The van der Waals surface area contributed by atoms with Gasteiger partial charge in [0.15, 0.2) is 0 Å². The molecule has 1 aliphatic rings. The van der Waals surface area contributed by atoms with E-state index in [1.807, 2.05) is 0 Å². The van der Waals surface area contributed by atoms with Gasteiger partial charge in [-0.25, -0.2) is 9.18 Å². The van der Waals surface area contributed by atoms with Gasteiger partial charge in [-0.1, -0.05) is 0 Å². The third kappa shape index (κ3) is 5.34. The van der Waals surface area contributed by atoms with Crippen molar-refractivity contribution in [1.82, 2.24) is 5.32 Å². The highest BCUT2D eigenvalue weighted by Gasteiger charge is 2.44. The van der Waals surface area contributed by atoms with Gasteiger partial charge >= 0.3 is 6.09 Å². The Morgan fingerprint density at radius 2 is 2.19 bits per heavy atom. The molecule has 2 rings (SSSR count). The highest BCUT2D eigenvalue weighted by atomic mass is 19.1. The molecule has 0 bridgehead atoms. The number of nitro benzene ring substituents is 1. The molecule has 1 unspecified atom stereocenters. The Bertz CT molecular complexity index is 722. The van der Waals surface area contributed by atoms with Crippen LogP contribution < -0.4 is 5.32 Å². The Labute approximate surface area is 155 Å². The summed E-state index contributed by atoms with van der Waals surface area (Å²) in [6, 6.07) is 2.06. The number of nitro groups is 1. The van der Waals surface area contributed by atoms with Gasteiger partial charge in [0.2, 0.25) is 0 Å². The number of rotatable bonds is 4. The first-order chi connectivity index (χ1) is 12.4. The summed E-state index contributed by atoms with van der Waals surface area (Å²) in [7, 11) is 0. The summed E-state index contributed by atoms with van der Waals surface area (Å²) in [6.45, 7) is 4.05. The van der Waals surface area contributed by atoms with Crippen LogP contribution in [0.5, 0.6) is 0 Å². The summed E-state index contributed by atoms with van der Waals surface area (Å²) in [5, 5.41) is 33.5. The molecule has 1 aliphatic heterocycles. The molecule has 1 amide bonds. The minimum atomic E-state index is -1.63. The highest BCUT2D eigenvalue weighted by Crippen LogP contribution is 2.37. The van der Waals surface area contributed by atoms with Crippen molar-refractivity contribution in [3.8, 4) is 0 Å². The highest BCUT2D eigenvalue weighted by molar-refractivity contribution is 5.68. The van der Waals surface area contributed by atoms with Crippen LogP contribution in [0, 0.1) is 15.9 Å². The summed E-state index contributed by atoms with van der Waals surface area (Å²) in [5.41, 5.74) is -2.89. The molecule has 3 atom stereocenters. The minimum Gasteiger partial charge on any atom is -0.444 e. The van der Waals surface area contributed by atoms with E-state index in [0.29, 0.717) is 0 Å². The summed E-state index contributed by atoms with van der Waals surface area (Å²) in [5.74, 6) is -0.787. The normalized spacial score (nSPS) is 25.7. The smallest absolute Gasteiger partial charge is 0.407 e. The van der Waals surface area contributed by atoms with Crippen LogP contribution in [0.2, 0.25) is 0 Å². The van der Waals surface area contributed by atoms with Crippen molar-refractivity contribution in [2.75, 3.05) is 13.2 Å². The summed E-state index contributed by atoms with van der Waals surface area (Å²) in [4.78, 5) is 22.7. The molecule has 1 heterocycles. The SMILES string of the molecule is CC(C)(C)OC(=O)N[C@H]1CC(O)(CO)CO[C@@H]1c1ccc(F)cc1[N+](=O)[O-]. The summed E-state index contributed by atoms with van der Waals surface area (Å²) >= 11 is 0. The van der Waals surface area contributed by atoms with Crippen LogP contribution >= 0.6 is 0 Å². The molecule has 9 nitrogen and oxygen atoms in total. The third-order valence-electron chi connectivity index (χ3n) is 3.99. The number of nitrogens with zero attached hydrogens (tertiary/aromatic N) is 1. The Kier molecular flexibility index (Phi) is 6.03. The molecule has 1 saturated heterocycles. The second-order valence-corrected chi connectivity index (χ2v) is 7.53. The fourth-order valence-corrected chi connectivity index (χ4v) is 2.85. The van der Waals surface area contributed by atoms with Crippen LogP contribution in [0.15, 0.2) is 18.2 Å². The molecule has 1 fully saturated rings. The number of ether oxygens (including phenoxy) is 2. The first-order valence-electron chi connectivity index (χ1n) is 8.32. The topological polar surface area (TPSA) is 131 Å². The van der Waals surface area contributed by atoms with Gasteiger partial charge in [-0.3, -0.25) is 10.1 Å². The van der Waals surface area contributed by atoms with Crippen molar-refractivity contribution in [2.24, 2.45) is 0 Å². The van der Waals surface area contributed by atoms with Crippen molar-refractivity contribution >= 4 is 11.8 Å². The van der Waals surface area contributed by atoms with Crippen molar-refractivity contribution < 1.29 is 33.8 Å². The van der Waals surface area contributed by atoms with Gasteiger partial charge in [0.25, 0.3) is 5.69 Å². The molecular formula is C17H23FN2O7. The Hall–Kier alpha value is -2.30. The van der Waals surface area contributed by atoms with Crippen molar-refractivity contribution in [1.29, 1.82) is 0 Å². The summed E-state index contributed by atoms with van der Waals surface area (Å²) in [6.07, 6.45) is -1.99. The molecule has 0 aromatic heterocycles. The Morgan fingerprint density at radius 3 is 2.74 bits per heavy atom. The number of carbonyl (C=O) groups is 1. The molecule has 1 aromatic rings. The maximum atomic E-state index is 13.4. The maximum Gasteiger partial charge on any atom is 0.407 e. The maximum absolute atomic E-state index is 13.4. The van der Waals surface area contributed by atoms with Crippen LogP contribution in [0.4, 0.5) is 14.9 Å². The fraction of sp³-hybridized carbons (Fsp3) is 0.588. The van der Waals surface area contributed by atoms with Crippen LogP contribution in [0.3, 0.4) is 0 Å². The number of halogens is 1. The van der Waals surface area contributed by atoms with Crippen LogP contribution in [-0.2, 0) is 9.47 Å². The van der Waals surface area contributed by atoms with E-state index >= 15 is 0 Å². The van der Waals surface area contributed by atoms with Crippen molar-refractivity contribution in [3.05, 3.63) is 39.7 Å². The zero-order chi connectivity index (χ0) is 20.4. The second-order valence-electron chi connectivity index (χ2n) is 7.53. The number of benzene rings is 1. The van der Waals surface area contributed by atoms with Crippen molar-refractivity contribution in [2.45, 2.75) is 50.5 Å². The van der Waals surface area contributed by atoms with Gasteiger partial charge in [0.05, 0.1) is 35.8 Å². The zero-order valence-corrected chi connectivity index (χ0v) is 15.3. The number of hydrogen-bond donors (Lipinski definition) is 3. The molecule has 0 aliphatic carbocycles. The quantitative estimate of drug-likeness (QED) is 0.531.